The largest absolute Gasteiger partial charge is 0.326 e. The lowest BCUT2D eigenvalue weighted by atomic mass is 10.1. The molecule has 24 heavy (non-hydrogen) atoms. The molecule has 0 saturated heterocycles. The van der Waals surface area contributed by atoms with E-state index in [4.69, 9.17) is 0 Å². The number of rotatable bonds is 3. The minimum Gasteiger partial charge on any atom is -0.326 e. The molecule has 4 rings (SSSR count). The predicted molar refractivity (Wildman–Crippen MR) is 96.0 cm³/mol. The van der Waals surface area contributed by atoms with E-state index >= 15 is 0 Å². The van der Waals surface area contributed by atoms with E-state index in [9.17, 15) is 4.79 Å². The Morgan fingerprint density at radius 3 is 2.88 bits per heavy atom. The molecule has 0 aliphatic rings. The molecule has 118 valence electrons. The number of benzene rings is 1. The molecule has 3 aromatic heterocycles. The van der Waals surface area contributed by atoms with Gasteiger partial charge in [0.2, 0.25) is 5.91 Å². The summed E-state index contributed by atoms with van der Waals surface area (Å²) in [6, 6.07) is 9.72. The van der Waals surface area contributed by atoms with Crippen molar-refractivity contribution in [3.05, 3.63) is 59.7 Å². The molecule has 0 aliphatic heterocycles. The highest BCUT2D eigenvalue weighted by atomic mass is 32.1. The number of amides is 1. The molecule has 0 atom stereocenters. The maximum Gasteiger partial charge on any atom is 0.221 e. The predicted octanol–water partition coefficient (Wildman–Crippen LogP) is 4.08. The van der Waals surface area contributed by atoms with Crippen LogP contribution in [-0.4, -0.2) is 20.3 Å². The molecule has 1 aromatic carbocycles. The Balaban J connectivity index is 1.80. The number of carbonyl (C=O) groups excluding carboxylic acids is 1. The van der Waals surface area contributed by atoms with Gasteiger partial charge >= 0.3 is 0 Å². The lowest BCUT2D eigenvalue weighted by Crippen LogP contribution is -2.05. The highest BCUT2D eigenvalue weighted by molar-refractivity contribution is 7.08. The molecule has 5 nitrogen and oxygen atoms in total. The van der Waals surface area contributed by atoms with Gasteiger partial charge in [0, 0.05) is 35.3 Å². The summed E-state index contributed by atoms with van der Waals surface area (Å²) in [5.41, 5.74) is 5.49. The fraction of sp³-hybridized carbons (Fsp3) is 0.0556. The molecule has 1 N–H and O–H groups in total. The first kappa shape index (κ1) is 14.6. The zero-order chi connectivity index (χ0) is 16.5. The zero-order valence-corrected chi connectivity index (χ0v) is 13.7. The van der Waals surface area contributed by atoms with Crippen molar-refractivity contribution in [2.24, 2.45) is 0 Å². The average molecular weight is 334 g/mol. The first-order chi connectivity index (χ1) is 11.7. The maximum atomic E-state index is 11.2. The second-order valence-electron chi connectivity index (χ2n) is 5.42. The number of anilines is 1. The van der Waals surface area contributed by atoms with Gasteiger partial charge < -0.3 is 5.32 Å². The SMILES string of the molecule is CC(=O)Nc1cccc(-c2cn3c(-c4ccsc4)cnc3cn2)c1. The topological polar surface area (TPSA) is 59.3 Å². The van der Waals surface area contributed by atoms with Crippen LogP contribution in [0.25, 0.3) is 28.2 Å². The Morgan fingerprint density at radius 2 is 2.08 bits per heavy atom. The number of aromatic nitrogens is 3. The van der Waals surface area contributed by atoms with Crippen molar-refractivity contribution in [1.82, 2.24) is 14.4 Å². The van der Waals surface area contributed by atoms with Gasteiger partial charge in [-0.2, -0.15) is 11.3 Å². The van der Waals surface area contributed by atoms with Crippen LogP contribution in [0, 0.1) is 0 Å². The second-order valence-corrected chi connectivity index (χ2v) is 6.20. The van der Waals surface area contributed by atoms with Gasteiger partial charge in [-0.15, -0.1) is 0 Å². The molecular formula is C18H14N4OS. The van der Waals surface area contributed by atoms with E-state index in [0.29, 0.717) is 0 Å². The van der Waals surface area contributed by atoms with E-state index in [1.54, 1.807) is 17.5 Å². The van der Waals surface area contributed by atoms with Crippen LogP contribution in [0.5, 0.6) is 0 Å². The number of carbonyl (C=O) groups is 1. The third-order valence-corrected chi connectivity index (χ3v) is 4.37. The lowest BCUT2D eigenvalue weighted by molar-refractivity contribution is -0.114. The first-order valence-electron chi connectivity index (χ1n) is 7.44. The number of nitrogens with one attached hydrogen (secondary N) is 1. The van der Waals surface area contributed by atoms with Crippen molar-refractivity contribution in [3.63, 3.8) is 0 Å². The Morgan fingerprint density at radius 1 is 1.17 bits per heavy atom. The van der Waals surface area contributed by atoms with Gasteiger partial charge in [-0.05, 0) is 23.6 Å². The highest BCUT2D eigenvalue weighted by Crippen LogP contribution is 2.26. The number of hydrogen-bond acceptors (Lipinski definition) is 4. The number of imidazole rings is 1. The summed E-state index contributed by atoms with van der Waals surface area (Å²) < 4.78 is 2.04. The van der Waals surface area contributed by atoms with Crippen LogP contribution in [0.3, 0.4) is 0 Å². The van der Waals surface area contributed by atoms with Crippen molar-refractivity contribution < 1.29 is 4.79 Å². The molecular weight excluding hydrogens is 320 g/mol. The standard InChI is InChI=1S/C18H14N4OS/c1-12(23)21-15-4-2-3-13(7-15)16-10-22-17(14-5-6-24-11-14)8-20-18(22)9-19-16/h2-11H,1H3,(H,21,23). The van der Waals surface area contributed by atoms with Crippen LogP contribution in [-0.2, 0) is 4.79 Å². The van der Waals surface area contributed by atoms with E-state index in [-0.39, 0.29) is 5.91 Å². The summed E-state index contributed by atoms with van der Waals surface area (Å²) in [6.07, 6.45) is 5.59. The van der Waals surface area contributed by atoms with Crippen LogP contribution in [0.1, 0.15) is 6.92 Å². The Bertz CT molecular complexity index is 1020. The van der Waals surface area contributed by atoms with Gasteiger partial charge in [0.05, 0.1) is 23.8 Å². The molecule has 0 radical (unpaired) electrons. The smallest absolute Gasteiger partial charge is 0.221 e. The van der Waals surface area contributed by atoms with Crippen LogP contribution in [0.4, 0.5) is 5.69 Å². The third kappa shape index (κ3) is 2.68. The summed E-state index contributed by atoms with van der Waals surface area (Å²) in [5.74, 6) is -0.0927. The van der Waals surface area contributed by atoms with Gasteiger partial charge in [0.15, 0.2) is 5.65 Å². The molecule has 0 spiro atoms. The Kier molecular flexibility index (Phi) is 3.59. The third-order valence-electron chi connectivity index (χ3n) is 3.69. The van der Waals surface area contributed by atoms with Crippen LogP contribution in [0.2, 0.25) is 0 Å². The zero-order valence-electron chi connectivity index (χ0n) is 12.9. The van der Waals surface area contributed by atoms with Crippen LogP contribution < -0.4 is 5.32 Å². The monoisotopic (exact) mass is 334 g/mol. The quantitative estimate of drug-likeness (QED) is 0.614. The summed E-state index contributed by atoms with van der Waals surface area (Å²) in [6.45, 7) is 1.50. The second kappa shape index (κ2) is 5.90. The van der Waals surface area contributed by atoms with Crippen molar-refractivity contribution in [2.75, 3.05) is 5.32 Å². The van der Waals surface area contributed by atoms with Crippen molar-refractivity contribution in [2.45, 2.75) is 6.92 Å². The Labute approximate surface area is 142 Å². The number of nitrogens with zero attached hydrogens (tertiary/aromatic N) is 3. The summed E-state index contributed by atoms with van der Waals surface area (Å²) >= 11 is 1.66. The van der Waals surface area contributed by atoms with Gasteiger partial charge in [0.25, 0.3) is 0 Å². The molecule has 0 aliphatic carbocycles. The maximum absolute atomic E-state index is 11.2. The van der Waals surface area contributed by atoms with Crippen molar-refractivity contribution in [3.8, 4) is 22.5 Å². The fourth-order valence-electron chi connectivity index (χ4n) is 2.62. The van der Waals surface area contributed by atoms with Gasteiger partial charge in [-0.1, -0.05) is 12.1 Å². The highest BCUT2D eigenvalue weighted by Gasteiger charge is 2.09. The van der Waals surface area contributed by atoms with Gasteiger partial charge in [0.1, 0.15) is 0 Å². The number of fused-ring (bicyclic) bond motifs is 1. The Hall–Kier alpha value is -2.99. The van der Waals surface area contributed by atoms with E-state index in [1.807, 2.05) is 46.4 Å². The minimum absolute atomic E-state index is 0.0927. The molecule has 3 heterocycles. The van der Waals surface area contributed by atoms with Crippen molar-refractivity contribution in [1.29, 1.82) is 0 Å². The molecule has 1 amide bonds. The molecule has 0 bridgehead atoms. The van der Waals surface area contributed by atoms with E-state index in [1.165, 1.54) is 6.92 Å². The van der Waals surface area contributed by atoms with E-state index < -0.39 is 0 Å². The van der Waals surface area contributed by atoms with Crippen molar-refractivity contribution >= 4 is 28.6 Å². The van der Waals surface area contributed by atoms with E-state index in [2.05, 4.69) is 26.7 Å². The van der Waals surface area contributed by atoms with Gasteiger partial charge in [-0.3, -0.25) is 14.2 Å². The lowest BCUT2D eigenvalue weighted by Gasteiger charge is -2.07. The van der Waals surface area contributed by atoms with Crippen LogP contribution >= 0.6 is 11.3 Å². The molecule has 6 heteroatoms. The van der Waals surface area contributed by atoms with E-state index in [0.717, 1.165) is 33.8 Å². The number of hydrogen-bond donors (Lipinski definition) is 1. The van der Waals surface area contributed by atoms with Gasteiger partial charge in [-0.25, -0.2) is 4.98 Å². The first-order valence-corrected chi connectivity index (χ1v) is 8.39. The van der Waals surface area contributed by atoms with Crippen LogP contribution in [0.15, 0.2) is 59.7 Å². The molecule has 4 aromatic rings. The molecule has 0 fully saturated rings. The molecule has 0 unspecified atom stereocenters. The summed E-state index contributed by atoms with van der Waals surface area (Å²) in [4.78, 5) is 20.2. The summed E-state index contributed by atoms with van der Waals surface area (Å²) in [7, 11) is 0. The average Bonchev–Trinajstić information content (AvgIpc) is 3.23. The summed E-state index contributed by atoms with van der Waals surface area (Å²) in [5, 5.41) is 6.94. The number of thiophene rings is 1. The fourth-order valence-corrected chi connectivity index (χ4v) is 3.27. The minimum atomic E-state index is -0.0927. The normalized spacial score (nSPS) is 10.9. The molecule has 0 saturated carbocycles.